The van der Waals surface area contributed by atoms with E-state index in [1.165, 1.54) is 18.1 Å². The third-order valence-corrected chi connectivity index (χ3v) is 4.55. The molecule has 0 saturated carbocycles. The van der Waals surface area contributed by atoms with E-state index in [9.17, 15) is 22.4 Å². The normalized spacial score (nSPS) is 15.1. The number of nitrogens with zero attached hydrogens (tertiary/aromatic N) is 2. The van der Waals surface area contributed by atoms with Crippen molar-refractivity contribution in [2.24, 2.45) is 0 Å². The molecule has 2 aromatic rings. The highest BCUT2D eigenvalue weighted by Crippen LogP contribution is 2.20. The minimum absolute atomic E-state index is 0.169. The molecule has 8 heteroatoms. The summed E-state index contributed by atoms with van der Waals surface area (Å²) in [4.78, 5) is 15.8. The molecule has 1 aliphatic rings. The van der Waals surface area contributed by atoms with Crippen LogP contribution in [0.25, 0.3) is 0 Å². The molecule has 0 unspecified atom stereocenters. The van der Waals surface area contributed by atoms with Crippen LogP contribution in [0.4, 0.5) is 17.6 Å². The largest absolute Gasteiger partial charge is 0.494 e. The second-order valence-corrected chi connectivity index (χ2v) is 6.26. The van der Waals surface area contributed by atoms with Crippen LogP contribution in [-0.4, -0.2) is 49.0 Å². The van der Waals surface area contributed by atoms with Crippen molar-refractivity contribution in [3.63, 3.8) is 0 Å². The molecule has 0 aromatic heterocycles. The Labute approximate surface area is 153 Å². The Morgan fingerprint density at radius 3 is 2.30 bits per heavy atom. The van der Waals surface area contributed by atoms with Crippen molar-refractivity contribution in [3.05, 3.63) is 64.7 Å². The van der Waals surface area contributed by atoms with Crippen LogP contribution in [0.3, 0.4) is 0 Å². The Morgan fingerprint density at radius 1 is 0.963 bits per heavy atom. The van der Waals surface area contributed by atoms with Crippen LogP contribution in [0.15, 0.2) is 30.3 Å². The Morgan fingerprint density at radius 2 is 1.67 bits per heavy atom. The molecule has 0 spiro atoms. The summed E-state index contributed by atoms with van der Waals surface area (Å²) in [6.45, 7) is 2.07. The maximum atomic E-state index is 13.8. The van der Waals surface area contributed by atoms with Gasteiger partial charge in [0.25, 0.3) is 5.91 Å². The molecule has 0 bridgehead atoms. The van der Waals surface area contributed by atoms with Crippen molar-refractivity contribution < 1.29 is 27.1 Å². The van der Waals surface area contributed by atoms with Crippen LogP contribution in [0.1, 0.15) is 15.9 Å². The first-order valence-corrected chi connectivity index (χ1v) is 8.38. The van der Waals surface area contributed by atoms with Crippen molar-refractivity contribution in [2.75, 3.05) is 33.3 Å². The van der Waals surface area contributed by atoms with Gasteiger partial charge in [-0.25, -0.2) is 17.6 Å². The molecule has 0 atom stereocenters. The molecule has 1 fully saturated rings. The second kappa shape index (κ2) is 7.96. The van der Waals surface area contributed by atoms with E-state index in [1.54, 1.807) is 12.1 Å². The van der Waals surface area contributed by atoms with Crippen LogP contribution in [-0.2, 0) is 6.54 Å². The summed E-state index contributed by atoms with van der Waals surface area (Å²) in [5, 5.41) is 0. The summed E-state index contributed by atoms with van der Waals surface area (Å²) in [7, 11) is 1.39. The number of ether oxygens (including phenoxy) is 1. The van der Waals surface area contributed by atoms with E-state index < -0.39 is 34.7 Å². The van der Waals surface area contributed by atoms with E-state index in [4.69, 9.17) is 4.74 Å². The predicted octanol–water partition coefficient (Wildman–Crippen LogP) is 3.21. The number of amides is 1. The molecular formula is C19H18F4N2O2. The van der Waals surface area contributed by atoms with Gasteiger partial charge in [-0.3, -0.25) is 9.69 Å². The van der Waals surface area contributed by atoms with Gasteiger partial charge in [0.05, 0.1) is 12.7 Å². The van der Waals surface area contributed by atoms with Gasteiger partial charge in [0.1, 0.15) is 0 Å². The van der Waals surface area contributed by atoms with Gasteiger partial charge in [0.2, 0.25) is 0 Å². The highest BCUT2D eigenvalue weighted by Gasteiger charge is 2.26. The quantitative estimate of drug-likeness (QED) is 0.601. The number of carbonyl (C=O) groups is 1. The standard InChI is InChI=1S/C19H18F4N2O2/c1-27-16-5-2-12(10-15(16)21)11-24-6-8-25(9-7-24)19(26)13-3-4-14(20)18(23)17(13)22/h2-5,10H,6-9,11H2,1H3. The second-order valence-electron chi connectivity index (χ2n) is 6.26. The third kappa shape index (κ3) is 4.05. The van der Waals surface area contributed by atoms with Gasteiger partial charge >= 0.3 is 0 Å². The van der Waals surface area contributed by atoms with Gasteiger partial charge in [-0.1, -0.05) is 6.07 Å². The number of hydrogen-bond donors (Lipinski definition) is 0. The molecule has 144 valence electrons. The van der Waals surface area contributed by atoms with Gasteiger partial charge in [-0.05, 0) is 29.8 Å². The number of hydrogen-bond acceptors (Lipinski definition) is 3. The first kappa shape index (κ1) is 19.2. The summed E-state index contributed by atoms with van der Waals surface area (Å²) < 4.78 is 58.8. The van der Waals surface area contributed by atoms with Crippen LogP contribution in [0.2, 0.25) is 0 Å². The maximum absolute atomic E-state index is 13.8. The van der Waals surface area contributed by atoms with Crippen LogP contribution < -0.4 is 4.74 Å². The number of methoxy groups -OCH3 is 1. The molecule has 0 N–H and O–H groups in total. The lowest BCUT2D eigenvalue weighted by atomic mass is 10.1. The van der Waals surface area contributed by atoms with Gasteiger partial charge in [-0.15, -0.1) is 0 Å². The first-order chi connectivity index (χ1) is 12.9. The Balaban J connectivity index is 1.61. The SMILES string of the molecule is COc1ccc(CN2CCN(C(=O)c3ccc(F)c(F)c3F)CC2)cc1F. The van der Waals surface area contributed by atoms with Crippen molar-refractivity contribution in [1.29, 1.82) is 0 Å². The zero-order valence-corrected chi connectivity index (χ0v) is 14.6. The van der Waals surface area contributed by atoms with Gasteiger partial charge < -0.3 is 9.64 Å². The fourth-order valence-electron chi connectivity index (χ4n) is 3.04. The molecule has 27 heavy (non-hydrogen) atoms. The molecule has 2 aromatic carbocycles. The summed E-state index contributed by atoms with van der Waals surface area (Å²) in [6, 6.07) is 6.39. The number of benzene rings is 2. The highest BCUT2D eigenvalue weighted by atomic mass is 19.2. The lowest BCUT2D eigenvalue weighted by Crippen LogP contribution is -2.48. The number of piperazine rings is 1. The molecule has 1 amide bonds. The topological polar surface area (TPSA) is 32.8 Å². The maximum Gasteiger partial charge on any atom is 0.257 e. The zero-order chi connectivity index (χ0) is 19.6. The minimum Gasteiger partial charge on any atom is -0.494 e. The van der Waals surface area contributed by atoms with E-state index in [2.05, 4.69) is 0 Å². The molecule has 0 radical (unpaired) electrons. The minimum atomic E-state index is -1.65. The van der Waals surface area contributed by atoms with Crippen molar-refractivity contribution in [1.82, 2.24) is 9.80 Å². The van der Waals surface area contributed by atoms with Crippen LogP contribution in [0, 0.1) is 23.3 Å². The summed E-state index contributed by atoms with van der Waals surface area (Å²) in [5.41, 5.74) is 0.277. The molecule has 3 rings (SSSR count). The fourth-order valence-corrected chi connectivity index (χ4v) is 3.04. The highest BCUT2D eigenvalue weighted by molar-refractivity contribution is 5.94. The predicted molar refractivity (Wildman–Crippen MR) is 90.4 cm³/mol. The monoisotopic (exact) mass is 382 g/mol. The van der Waals surface area contributed by atoms with Crippen molar-refractivity contribution in [3.8, 4) is 5.75 Å². The average molecular weight is 382 g/mol. The Bertz CT molecular complexity index is 852. The lowest BCUT2D eigenvalue weighted by molar-refractivity contribution is 0.0622. The summed E-state index contributed by atoms with van der Waals surface area (Å²) in [5.74, 6) is -5.42. The smallest absolute Gasteiger partial charge is 0.257 e. The molecule has 1 aliphatic heterocycles. The van der Waals surface area contributed by atoms with Gasteiger partial charge in [0, 0.05) is 32.7 Å². The Kier molecular flexibility index (Phi) is 5.65. The first-order valence-electron chi connectivity index (χ1n) is 8.38. The van der Waals surface area contributed by atoms with E-state index in [1.807, 2.05) is 4.90 Å². The number of halogens is 4. The Hall–Kier alpha value is -2.61. The third-order valence-electron chi connectivity index (χ3n) is 4.55. The molecule has 1 heterocycles. The van der Waals surface area contributed by atoms with Gasteiger partial charge in [0.15, 0.2) is 29.0 Å². The van der Waals surface area contributed by atoms with Crippen molar-refractivity contribution >= 4 is 5.91 Å². The van der Waals surface area contributed by atoms with E-state index in [0.717, 1.165) is 17.7 Å². The molecule has 0 aliphatic carbocycles. The number of rotatable bonds is 4. The van der Waals surface area contributed by atoms with E-state index in [-0.39, 0.29) is 5.75 Å². The van der Waals surface area contributed by atoms with Crippen molar-refractivity contribution in [2.45, 2.75) is 6.54 Å². The molecule has 1 saturated heterocycles. The fraction of sp³-hybridized carbons (Fsp3) is 0.316. The lowest BCUT2D eigenvalue weighted by Gasteiger charge is -2.34. The summed E-state index contributed by atoms with van der Waals surface area (Å²) >= 11 is 0. The summed E-state index contributed by atoms with van der Waals surface area (Å²) in [6.07, 6.45) is 0. The van der Waals surface area contributed by atoms with Crippen LogP contribution in [0.5, 0.6) is 5.75 Å². The van der Waals surface area contributed by atoms with E-state index >= 15 is 0 Å². The zero-order valence-electron chi connectivity index (χ0n) is 14.6. The van der Waals surface area contributed by atoms with Gasteiger partial charge in [-0.2, -0.15) is 0 Å². The van der Waals surface area contributed by atoms with E-state index in [0.29, 0.717) is 32.7 Å². The number of carbonyl (C=O) groups excluding carboxylic acids is 1. The van der Waals surface area contributed by atoms with Crippen LogP contribution >= 0.6 is 0 Å². The average Bonchev–Trinajstić information content (AvgIpc) is 2.66. The molecular weight excluding hydrogens is 364 g/mol. The molecule has 4 nitrogen and oxygen atoms in total.